The number of hydrogen-bond acceptors (Lipinski definition) is 5. The molecular weight excluding hydrogens is 285 g/mol. The van der Waals surface area contributed by atoms with Crippen LogP contribution in [0.3, 0.4) is 0 Å². The van der Waals surface area contributed by atoms with Gasteiger partial charge in [0.1, 0.15) is 23.6 Å². The van der Waals surface area contributed by atoms with Gasteiger partial charge < -0.3 is 4.74 Å². The summed E-state index contributed by atoms with van der Waals surface area (Å²) in [6, 6.07) is 2.74. The number of ketones is 1. The molecule has 0 N–H and O–H groups in total. The topological polar surface area (TPSA) is 64.4 Å². The first-order valence-electron chi connectivity index (χ1n) is 7.01. The summed E-state index contributed by atoms with van der Waals surface area (Å²) in [6.45, 7) is 2.45. The van der Waals surface area contributed by atoms with E-state index in [1.54, 1.807) is 0 Å². The molecule has 1 aromatic carbocycles. The van der Waals surface area contributed by atoms with Crippen molar-refractivity contribution in [2.45, 2.75) is 19.3 Å². The third-order valence-corrected chi connectivity index (χ3v) is 3.37. The van der Waals surface area contributed by atoms with Gasteiger partial charge >= 0.3 is 0 Å². The van der Waals surface area contributed by atoms with E-state index in [1.807, 2.05) is 6.92 Å². The fourth-order valence-corrected chi connectivity index (χ4v) is 2.32. The van der Waals surface area contributed by atoms with Crippen molar-refractivity contribution in [1.29, 1.82) is 0 Å². The number of rotatable bonds is 4. The zero-order valence-corrected chi connectivity index (χ0v) is 12.0. The van der Waals surface area contributed by atoms with Gasteiger partial charge in [-0.1, -0.05) is 6.92 Å². The smallest absolute Gasteiger partial charge is 0.181 e. The van der Waals surface area contributed by atoms with E-state index in [0.717, 1.165) is 6.42 Å². The van der Waals surface area contributed by atoms with E-state index in [4.69, 9.17) is 4.74 Å². The van der Waals surface area contributed by atoms with Crippen molar-refractivity contribution >= 4 is 17.7 Å². The van der Waals surface area contributed by atoms with E-state index in [-0.39, 0.29) is 17.0 Å². The second kappa shape index (κ2) is 6.01. The number of carbonyl (C=O) groups excluding carboxylic acids is 1. The zero-order chi connectivity index (χ0) is 15.5. The van der Waals surface area contributed by atoms with E-state index in [2.05, 4.69) is 15.0 Å². The maximum absolute atomic E-state index is 14.1. The third kappa shape index (κ3) is 2.47. The molecule has 0 fully saturated rings. The number of halogens is 1. The van der Waals surface area contributed by atoms with E-state index in [9.17, 15) is 9.18 Å². The Kier molecular flexibility index (Phi) is 3.91. The van der Waals surface area contributed by atoms with Crippen LogP contribution in [0.15, 0.2) is 35.8 Å². The summed E-state index contributed by atoms with van der Waals surface area (Å²) >= 11 is 0. The molecule has 3 rings (SSSR count). The van der Waals surface area contributed by atoms with Crippen LogP contribution in [-0.4, -0.2) is 28.6 Å². The number of ether oxygens (including phenoxy) is 1. The molecule has 22 heavy (non-hydrogen) atoms. The minimum atomic E-state index is -0.676. The summed E-state index contributed by atoms with van der Waals surface area (Å²) in [6.07, 6.45) is 6.73. The Labute approximate surface area is 126 Å². The molecule has 1 unspecified atom stereocenters. The molecule has 0 bridgehead atoms. The summed E-state index contributed by atoms with van der Waals surface area (Å²) in [7, 11) is 0. The summed E-state index contributed by atoms with van der Waals surface area (Å²) in [4.78, 5) is 24.6. The molecule has 6 heteroatoms. The fourth-order valence-electron chi connectivity index (χ4n) is 2.32. The summed E-state index contributed by atoms with van der Waals surface area (Å²) in [5, 5.41) is 0. The maximum Gasteiger partial charge on any atom is 0.181 e. The zero-order valence-electron chi connectivity index (χ0n) is 12.0. The van der Waals surface area contributed by atoms with Crippen LogP contribution in [0.5, 0.6) is 5.75 Å². The molecule has 0 radical (unpaired) electrons. The first kappa shape index (κ1) is 14.3. The Morgan fingerprint density at radius 1 is 1.27 bits per heavy atom. The number of hydrogen-bond donors (Lipinski definition) is 0. The molecule has 0 amide bonds. The highest BCUT2D eigenvalue weighted by Gasteiger charge is 2.31. The highest BCUT2D eigenvalue weighted by Crippen LogP contribution is 2.39. The van der Waals surface area contributed by atoms with Gasteiger partial charge in [-0.15, -0.1) is 0 Å². The van der Waals surface area contributed by atoms with Gasteiger partial charge in [-0.2, -0.15) is 0 Å². The standard InChI is InChI=1S/C16H14FN3O2/c1-2-5-22-13-4-3-12(17)14-15(13)20-8-11(16(14)21)10-6-18-9-19-7-10/h3-4,6-9,11H,2,5H2,1H3. The lowest BCUT2D eigenvalue weighted by molar-refractivity contribution is 0.0978. The SMILES string of the molecule is CCCOc1ccc(F)c2c1N=CC(c1cncnc1)C2=O. The van der Waals surface area contributed by atoms with Crippen LogP contribution in [0.25, 0.3) is 0 Å². The van der Waals surface area contributed by atoms with Gasteiger partial charge in [0.25, 0.3) is 0 Å². The van der Waals surface area contributed by atoms with Crippen LogP contribution in [0, 0.1) is 5.82 Å². The number of aromatic nitrogens is 2. The predicted octanol–water partition coefficient (Wildman–Crippen LogP) is 3.09. The molecule has 0 saturated heterocycles. The molecule has 0 saturated carbocycles. The molecule has 5 nitrogen and oxygen atoms in total. The lowest BCUT2D eigenvalue weighted by Crippen LogP contribution is -2.20. The number of nitrogens with zero attached hydrogens (tertiary/aromatic N) is 3. The van der Waals surface area contributed by atoms with Gasteiger partial charge in [-0.3, -0.25) is 9.79 Å². The van der Waals surface area contributed by atoms with Crippen molar-refractivity contribution < 1.29 is 13.9 Å². The normalized spacial score (nSPS) is 16.5. The van der Waals surface area contributed by atoms with Gasteiger partial charge in [-0.05, 0) is 18.6 Å². The van der Waals surface area contributed by atoms with E-state index < -0.39 is 11.7 Å². The van der Waals surface area contributed by atoms with Crippen LogP contribution in [0.4, 0.5) is 10.1 Å². The summed E-state index contributed by atoms with van der Waals surface area (Å²) in [5.41, 5.74) is 0.803. The highest BCUT2D eigenvalue weighted by atomic mass is 19.1. The number of fused-ring (bicyclic) bond motifs is 1. The maximum atomic E-state index is 14.1. The number of carbonyl (C=O) groups is 1. The molecule has 1 atom stereocenters. The predicted molar refractivity (Wildman–Crippen MR) is 79.4 cm³/mol. The van der Waals surface area contributed by atoms with Crippen LogP contribution < -0.4 is 4.74 Å². The van der Waals surface area contributed by atoms with Gasteiger partial charge in [0.05, 0.1) is 18.1 Å². The van der Waals surface area contributed by atoms with E-state index in [0.29, 0.717) is 17.9 Å². The average Bonchev–Trinajstić information content (AvgIpc) is 2.55. The monoisotopic (exact) mass is 299 g/mol. The highest BCUT2D eigenvalue weighted by molar-refractivity contribution is 6.16. The molecule has 1 aliphatic heterocycles. The second-order valence-electron chi connectivity index (χ2n) is 4.91. The fraction of sp³-hybridized carbons (Fsp3) is 0.250. The summed E-state index contributed by atoms with van der Waals surface area (Å²) in [5.74, 6) is -1.21. The molecule has 0 spiro atoms. The van der Waals surface area contributed by atoms with Crippen molar-refractivity contribution in [1.82, 2.24) is 9.97 Å². The van der Waals surface area contributed by atoms with Crippen molar-refractivity contribution in [3.05, 3.63) is 47.8 Å². The van der Waals surface area contributed by atoms with Crippen LogP contribution in [-0.2, 0) is 0 Å². The summed E-state index contributed by atoms with van der Waals surface area (Å²) < 4.78 is 19.7. The van der Waals surface area contributed by atoms with Gasteiger partial charge in [0, 0.05) is 24.2 Å². The molecular formula is C16H14FN3O2. The Morgan fingerprint density at radius 3 is 2.77 bits per heavy atom. The van der Waals surface area contributed by atoms with Crippen molar-refractivity contribution in [3.8, 4) is 5.75 Å². The quantitative estimate of drug-likeness (QED) is 0.870. The average molecular weight is 299 g/mol. The molecule has 2 heterocycles. The lowest BCUT2D eigenvalue weighted by atomic mass is 9.90. The molecule has 0 aliphatic carbocycles. The van der Waals surface area contributed by atoms with E-state index in [1.165, 1.54) is 37.1 Å². The first-order valence-corrected chi connectivity index (χ1v) is 7.01. The van der Waals surface area contributed by atoms with Crippen LogP contribution in [0.1, 0.15) is 35.2 Å². The molecule has 112 valence electrons. The lowest BCUT2D eigenvalue weighted by Gasteiger charge is -2.20. The van der Waals surface area contributed by atoms with Crippen molar-refractivity contribution in [3.63, 3.8) is 0 Å². The minimum Gasteiger partial charge on any atom is -0.491 e. The van der Waals surface area contributed by atoms with Gasteiger partial charge in [0.2, 0.25) is 0 Å². The molecule has 2 aromatic rings. The molecule has 1 aromatic heterocycles. The number of aliphatic imine (C=N–C) groups is 1. The van der Waals surface area contributed by atoms with Gasteiger partial charge in [-0.25, -0.2) is 14.4 Å². The Balaban J connectivity index is 2.03. The van der Waals surface area contributed by atoms with Crippen LogP contribution >= 0.6 is 0 Å². The van der Waals surface area contributed by atoms with Gasteiger partial charge in [0.15, 0.2) is 5.78 Å². The van der Waals surface area contributed by atoms with Crippen molar-refractivity contribution in [2.75, 3.05) is 6.61 Å². The first-order chi connectivity index (χ1) is 10.7. The Hall–Kier alpha value is -2.63. The number of benzene rings is 1. The molecule has 1 aliphatic rings. The van der Waals surface area contributed by atoms with Crippen molar-refractivity contribution in [2.24, 2.45) is 4.99 Å². The largest absolute Gasteiger partial charge is 0.491 e. The van der Waals surface area contributed by atoms with E-state index >= 15 is 0 Å². The Bertz CT molecular complexity index is 732. The Morgan fingerprint density at radius 2 is 2.05 bits per heavy atom. The van der Waals surface area contributed by atoms with Crippen LogP contribution in [0.2, 0.25) is 0 Å². The second-order valence-corrected chi connectivity index (χ2v) is 4.91. The third-order valence-electron chi connectivity index (χ3n) is 3.37. The minimum absolute atomic E-state index is 0.0371. The number of Topliss-reactive ketones (excluding diaryl/α,β-unsaturated/α-hetero) is 1.